The van der Waals surface area contributed by atoms with E-state index in [0.29, 0.717) is 15.7 Å². The minimum absolute atomic E-state index is 0.0300. The van der Waals surface area contributed by atoms with Crippen LogP contribution in [0.1, 0.15) is 34.1 Å². The number of halogens is 2. The van der Waals surface area contributed by atoms with Gasteiger partial charge in [-0.25, -0.2) is 4.79 Å². The van der Waals surface area contributed by atoms with E-state index in [4.69, 9.17) is 32.7 Å². The van der Waals surface area contributed by atoms with E-state index < -0.39 is 29.7 Å². The van der Waals surface area contributed by atoms with Crippen molar-refractivity contribution in [1.82, 2.24) is 5.32 Å². The van der Waals surface area contributed by atoms with E-state index in [9.17, 15) is 14.4 Å². The second kappa shape index (κ2) is 9.64. The van der Waals surface area contributed by atoms with Crippen molar-refractivity contribution in [2.24, 2.45) is 0 Å². The molecule has 1 rings (SSSR count). The third-order valence-corrected chi connectivity index (χ3v) is 3.43. The summed E-state index contributed by atoms with van der Waals surface area (Å²) in [4.78, 5) is 35.3. The van der Waals surface area contributed by atoms with E-state index in [1.807, 2.05) is 0 Å². The molecule has 0 radical (unpaired) electrons. The number of rotatable bonds is 6. The van der Waals surface area contributed by atoms with Gasteiger partial charge in [0.2, 0.25) is 0 Å². The lowest BCUT2D eigenvalue weighted by Crippen LogP contribution is -2.35. The van der Waals surface area contributed by atoms with Crippen LogP contribution in [0.2, 0.25) is 10.0 Å². The smallest absolute Gasteiger partial charge is 0.407 e. The first kappa shape index (κ1) is 22.1. The molecule has 1 aromatic rings. The highest BCUT2D eigenvalue weighted by Gasteiger charge is 2.20. The van der Waals surface area contributed by atoms with Gasteiger partial charge in [-0.1, -0.05) is 23.2 Å². The van der Waals surface area contributed by atoms with Gasteiger partial charge < -0.3 is 20.1 Å². The maximum absolute atomic E-state index is 12.1. The fourth-order valence-electron chi connectivity index (χ4n) is 1.72. The van der Waals surface area contributed by atoms with Gasteiger partial charge in [0.05, 0.1) is 17.1 Å². The largest absolute Gasteiger partial charge is 0.452 e. The second-order valence-corrected chi connectivity index (χ2v) is 7.27. The molecule has 0 spiro atoms. The number of carbonyl (C=O) groups excluding carboxylic acids is 3. The molecule has 0 heterocycles. The summed E-state index contributed by atoms with van der Waals surface area (Å²) < 4.78 is 10.1. The highest BCUT2D eigenvalue weighted by molar-refractivity contribution is 6.35. The Labute approximate surface area is 162 Å². The van der Waals surface area contributed by atoms with E-state index in [1.54, 1.807) is 32.9 Å². The van der Waals surface area contributed by atoms with Crippen molar-refractivity contribution in [3.63, 3.8) is 0 Å². The molecule has 0 aromatic heterocycles. The van der Waals surface area contributed by atoms with Crippen LogP contribution in [-0.2, 0) is 19.1 Å². The van der Waals surface area contributed by atoms with E-state index in [1.165, 1.54) is 13.0 Å². The fourth-order valence-corrected chi connectivity index (χ4v) is 2.05. The molecule has 2 amide bonds. The zero-order chi connectivity index (χ0) is 19.9. The molecule has 1 atom stereocenters. The normalized spacial score (nSPS) is 12.1. The van der Waals surface area contributed by atoms with Crippen LogP contribution in [-0.4, -0.2) is 36.2 Å². The maximum Gasteiger partial charge on any atom is 0.407 e. The Kier molecular flexibility index (Phi) is 8.17. The first-order valence-corrected chi connectivity index (χ1v) is 8.66. The van der Waals surface area contributed by atoms with Crippen molar-refractivity contribution >= 4 is 46.9 Å². The van der Waals surface area contributed by atoms with Gasteiger partial charge in [0.1, 0.15) is 5.60 Å². The maximum atomic E-state index is 12.1. The van der Waals surface area contributed by atoms with Gasteiger partial charge in [-0.15, -0.1) is 0 Å². The van der Waals surface area contributed by atoms with Crippen LogP contribution < -0.4 is 10.6 Å². The summed E-state index contributed by atoms with van der Waals surface area (Å²) in [5, 5.41) is 5.68. The van der Waals surface area contributed by atoms with Crippen molar-refractivity contribution in [2.75, 3.05) is 11.9 Å². The molecule has 0 aliphatic carbocycles. The number of carbonyl (C=O) groups is 3. The summed E-state index contributed by atoms with van der Waals surface area (Å²) in [5.74, 6) is -1.19. The van der Waals surface area contributed by atoms with E-state index in [2.05, 4.69) is 10.6 Å². The molecular formula is C17H22Cl2N2O5. The van der Waals surface area contributed by atoms with E-state index in [-0.39, 0.29) is 13.0 Å². The van der Waals surface area contributed by atoms with Crippen LogP contribution >= 0.6 is 23.2 Å². The number of ether oxygens (including phenoxy) is 2. The Morgan fingerprint density at radius 2 is 1.85 bits per heavy atom. The topological polar surface area (TPSA) is 93.7 Å². The van der Waals surface area contributed by atoms with Crippen molar-refractivity contribution in [3.8, 4) is 0 Å². The Hall–Kier alpha value is -1.99. The molecule has 2 N–H and O–H groups in total. The lowest BCUT2D eigenvalue weighted by Gasteiger charge is -2.19. The Balaban J connectivity index is 2.40. The SMILES string of the molecule is C[C@H](OC(=O)CCNC(=O)OC(C)(C)C)C(=O)Nc1cc(Cl)ccc1Cl. The summed E-state index contributed by atoms with van der Waals surface area (Å²) in [6, 6.07) is 4.61. The highest BCUT2D eigenvalue weighted by Crippen LogP contribution is 2.25. The van der Waals surface area contributed by atoms with E-state index in [0.717, 1.165) is 0 Å². The molecule has 1 aromatic carbocycles. The predicted molar refractivity (Wildman–Crippen MR) is 99.5 cm³/mol. The quantitative estimate of drug-likeness (QED) is 0.703. The second-order valence-electron chi connectivity index (χ2n) is 6.42. The number of benzene rings is 1. The van der Waals surface area contributed by atoms with Gasteiger partial charge >= 0.3 is 12.1 Å². The number of hydrogen-bond donors (Lipinski definition) is 2. The summed E-state index contributed by atoms with van der Waals surface area (Å²) in [7, 11) is 0. The molecule has 7 nitrogen and oxygen atoms in total. The third-order valence-electron chi connectivity index (χ3n) is 2.86. The van der Waals surface area contributed by atoms with Gasteiger partial charge in [-0.3, -0.25) is 9.59 Å². The third kappa shape index (κ3) is 8.40. The number of esters is 1. The molecule has 26 heavy (non-hydrogen) atoms. The first-order valence-electron chi connectivity index (χ1n) is 7.90. The van der Waals surface area contributed by atoms with Gasteiger partial charge in [0, 0.05) is 11.6 Å². The summed E-state index contributed by atoms with van der Waals surface area (Å²) in [6.07, 6.45) is -1.78. The Bertz CT molecular complexity index is 674. The van der Waals surface area contributed by atoms with Gasteiger partial charge in [-0.05, 0) is 45.9 Å². The average Bonchev–Trinajstić information content (AvgIpc) is 2.48. The van der Waals surface area contributed by atoms with Crippen molar-refractivity contribution in [1.29, 1.82) is 0 Å². The Morgan fingerprint density at radius 3 is 2.46 bits per heavy atom. The molecule has 9 heteroatoms. The lowest BCUT2D eigenvalue weighted by atomic mass is 10.2. The van der Waals surface area contributed by atoms with E-state index >= 15 is 0 Å². The first-order chi connectivity index (χ1) is 12.0. The fraction of sp³-hybridized carbons (Fsp3) is 0.471. The molecule has 0 fully saturated rings. The van der Waals surface area contributed by atoms with Crippen LogP contribution in [0.4, 0.5) is 10.5 Å². The monoisotopic (exact) mass is 404 g/mol. The zero-order valence-electron chi connectivity index (χ0n) is 15.0. The van der Waals surface area contributed by atoms with Crippen LogP contribution in [0.15, 0.2) is 18.2 Å². The highest BCUT2D eigenvalue weighted by atomic mass is 35.5. The number of alkyl carbamates (subject to hydrolysis) is 1. The number of amides is 2. The summed E-state index contributed by atoms with van der Waals surface area (Å²) >= 11 is 11.8. The minimum Gasteiger partial charge on any atom is -0.452 e. The molecule has 0 aliphatic rings. The van der Waals surface area contributed by atoms with Crippen molar-refractivity contribution < 1.29 is 23.9 Å². The summed E-state index contributed by atoms with van der Waals surface area (Å²) in [6.45, 7) is 6.64. The van der Waals surface area contributed by atoms with Crippen LogP contribution in [0.3, 0.4) is 0 Å². The van der Waals surface area contributed by atoms with Gasteiger partial charge in [0.25, 0.3) is 5.91 Å². The molecule has 0 unspecified atom stereocenters. The van der Waals surface area contributed by atoms with Gasteiger partial charge in [-0.2, -0.15) is 0 Å². The number of hydrogen-bond acceptors (Lipinski definition) is 5. The molecule has 144 valence electrons. The average molecular weight is 405 g/mol. The van der Waals surface area contributed by atoms with Crippen molar-refractivity contribution in [2.45, 2.75) is 45.8 Å². The number of anilines is 1. The summed E-state index contributed by atoms with van der Waals surface area (Å²) in [5.41, 5.74) is -0.308. The molecular weight excluding hydrogens is 383 g/mol. The minimum atomic E-state index is -1.04. The van der Waals surface area contributed by atoms with Crippen LogP contribution in [0, 0.1) is 0 Å². The van der Waals surface area contributed by atoms with Gasteiger partial charge in [0.15, 0.2) is 6.10 Å². The predicted octanol–water partition coefficient (Wildman–Crippen LogP) is 3.78. The molecule has 0 saturated carbocycles. The Morgan fingerprint density at radius 1 is 1.19 bits per heavy atom. The lowest BCUT2D eigenvalue weighted by molar-refractivity contribution is -0.153. The van der Waals surface area contributed by atoms with Crippen molar-refractivity contribution in [3.05, 3.63) is 28.2 Å². The van der Waals surface area contributed by atoms with Crippen LogP contribution in [0.5, 0.6) is 0 Å². The van der Waals surface area contributed by atoms with Crippen LogP contribution in [0.25, 0.3) is 0 Å². The molecule has 0 saturated heterocycles. The molecule has 0 bridgehead atoms. The number of nitrogens with one attached hydrogen (secondary N) is 2. The molecule has 0 aliphatic heterocycles. The standard InChI is InChI=1S/C17H22Cl2N2O5/c1-10(15(23)21-13-9-11(18)5-6-12(13)19)25-14(22)7-8-20-16(24)26-17(2,3)4/h5-6,9-10H,7-8H2,1-4H3,(H,20,24)(H,21,23)/t10-/m0/s1. The zero-order valence-corrected chi connectivity index (χ0v) is 16.5.